The maximum absolute atomic E-state index is 12.8. The molecule has 3 amide bonds. The summed E-state index contributed by atoms with van der Waals surface area (Å²) in [4.78, 5) is 36.6. The zero-order valence-corrected chi connectivity index (χ0v) is 17.2. The van der Waals surface area contributed by atoms with Gasteiger partial charge in [-0.2, -0.15) is 0 Å². The van der Waals surface area contributed by atoms with Gasteiger partial charge in [-0.3, -0.25) is 10.1 Å². The van der Waals surface area contributed by atoms with Crippen molar-refractivity contribution in [1.82, 2.24) is 10.6 Å². The van der Waals surface area contributed by atoms with Crippen molar-refractivity contribution >= 4 is 41.2 Å². The highest BCUT2D eigenvalue weighted by Gasteiger charge is 2.23. The first-order valence-electron chi connectivity index (χ1n) is 9.11. The van der Waals surface area contributed by atoms with Crippen molar-refractivity contribution in [1.29, 1.82) is 0 Å². The molecule has 0 aliphatic carbocycles. The van der Waals surface area contributed by atoms with Gasteiger partial charge in [0.15, 0.2) is 6.10 Å². The molecule has 0 radical (unpaired) electrons. The van der Waals surface area contributed by atoms with E-state index in [-0.39, 0.29) is 11.6 Å². The number of halogens is 1. The van der Waals surface area contributed by atoms with Crippen molar-refractivity contribution in [2.45, 2.75) is 32.9 Å². The van der Waals surface area contributed by atoms with Crippen molar-refractivity contribution in [2.75, 3.05) is 0 Å². The van der Waals surface area contributed by atoms with Crippen LogP contribution in [0, 0.1) is 0 Å². The van der Waals surface area contributed by atoms with E-state index in [4.69, 9.17) is 16.3 Å². The van der Waals surface area contributed by atoms with Crippen LogP contribution in [0.25, 0.3) is 11.6 Å². The van der Waals surface area contributed by atoms with Gasteiger partial charge < -0.3 is 10.1 Å². The van der Waals surface area contributed by atoms with E-state index < -0.39 is 24.0 Å². The number of esters is 1. The third-order valence-electron chi connectivity index (χ3n) is 3.80. The molecule has 0 fully saturated rings. The van der Waals surface area contributed by atoms with Gasteiger partial charge >= 0.3 is 12.0 Å². The molecule has 2 aromatic carbocycles. The fourth-order valence-corrected chi connectivity index (χ4v) is 2.52. The lowest BCUT2D eigenvalue weighted by Crippen LogP contribution is -2.46. The van der Waals surface area contributed by atoms with Crippen molar-refractivity contribution in [3.05, 3.63) is 70.7 Å². The zero-order valence-electron chi connectivity index (χ0n) is 16.4. The number of benzene rings is 2. The molecule has 2 aromatic rings. The average molecular weight is 415 g/mol. The summed E-state index contributed by atoms with van der Waals surface area (Å²) in [6.07, 6.45) is 0.508. The third kappa shape index (κ3) is 7.08. The number of hydrogen-bond donors (Lipinski definition) is 2. The van der Waals surface area contributed by atoms with Crippen LogP contribution in [0.1, 0.15) is 31.9 Å². The molecule has 0 unspecified atom stereocenters. The van der Waals surface area contributed by atoms with Gasteiger partial charge in [0.2, 0.25) is 0 Å². The molecule has 7 heteroatoms. The van der Waals surface area contributed by atoms with Crippen molar-refractivity contribution < 1.29 is 19.1 Å². The van der Waals surface area contributed by atoms with Crippen LogP contribution in [0.15, 0.2) is 54.6 Å². The topological polar surface area (TPSA) is 84.5 Å². The first-order chi connectivity index (χ1) is 13.8. The molecule has 0 saturated heterocycles. The summed E-state index contributed by atoms with van der Waals surface area (Å²) in [5.41, 5.74) is 1.65. The third-order valence-corrected chi connectivity index (χ3v) is 4.05. The number of carbonyl (C=O) groups is 3. The molecule has 6 nitrogen and oxygen atoms in total. The summed E-state index contributed by atoms with van der Waals surface area (Å²) in [5.74, 6) is -1.41. The lowest BCUT2D eigenvalue weighted by Gasteiger charge is -2.16. The number of rotatable bonds is 6. The van der Waals surface area contributed by atoms with Gasteiger partial charge in [0, 0.05) is 11.1 Å². The molecule has 0 aromatic heterocycles. The number of nitrogens with one attached hydrogen (secondary N) is 2. The summed E-state index contributed by atoms with van der Waals surface area (Å²) in [6, 6.07) is 15.2. The molecule has 1 atom stereocenters. The van der Waals surface area contributed by atoms with E-state index in [0.717, 1.165) is 5.56 Å². The Morgan fingerprint density at radius 2 is 1.59 bits per heavy atom. The maximum Gasteiger partial charge on any atom is 0.339 e. The van der Waals surface area contributed by atoms with Crippen LogP contribution in [0.5, 0.6) is 0 Å². The Hall–Kier alpha value is -3.12. The van der Waals surface area contributed by atoms with Gasteiger partial charge in [0.05, 0.1) is 5.57 Å². The van der Waals surface area contributed by atoms with Crippen LogP contribution >= 0.6 is 11.6 Å². The quantitative estimate of drug-likeness (QED) is 0.424. The Bertz CT molecular complexity index is 893. The normalized spacial score (nSPS) is 12.2. The summed E-state index contributed by atoms with van der Waals surface area (Å²) in [6.45, 7) is 4.93. The molecule has 152 valence electrons. The van der Waals surface area contributed by atoms with Crippen molar-refractivity contribution in [2.24, 2.45) is 0 Å². The Balaban J connectivity index is 2.19. The first kappa shape index (κ1) is 22.2. The van der Waals surface area contributed by atoms with Crippen LogP contribution in [-0.4, -0.2) is 30.1 Å². The van der Waals surface area contributed by atoms with Crippen LogP contribution < -0.4 is 10.6 Å². The van der Waals surface area contributed by atoms with Gasteiger partial charge in [-0.25, -0.2) is 9.59 Å². The Labute approximate surface area is 174 Å². The second-order valence-electron chi connectivity index (χ2n) is 6.64. The highest BCUT2D eigenvalue weighted by Crippen LogP contribution is 2.22. The number of ether oxygens (including phenoxy) is 1. The lowest BCUT2D eigenvalue weighted by molar-refractivity contribution is -0.148. The summed E-state index contributed by atoms with van der Waals surface area (Å²) < 4.78 is 5.30. The van der Waals surface area contributed by atoms with E-state index in [1.807, 2.05) is 30.3 Å². The van der Waals surface area contributed by atoms with Crippen molar-refractivity contribution in [3.63, 3.8) is 0 Å². The fraction of sp³-hybridized carbons (Fsp3) is 0.227. The molecular weight excluding hydrogens is 392 g/mol. The van der Waals surface area contributed by atoms with Crippen LogP contribution in [0.2, 0.25) is 5.02 Å². The van der Waals surface area contributed by atoms with Gasteiger partial charge in [0.1, 0.15) is 0 Å². The number of carbonyl (C=O) groups excluding carboxylic acids is 3. The van der Waals surface area contributed by atoms with Gasteiger partial charge in [0.25, 0.3) is 5.91 Å². The standard InChI is InChI=1S/C22H23ClN2O4/c1-14(2)24-22(28)25-20(26)15(3)29-21(27)19(13-16-7-5-4-6-8-16)17-9-11-18(23)12-10-17/h4-15H,1-3H3,(H2,24,25,26,28)/b19-13+/t15-/m0/s1. The maximum atomic E-state index is 12.8. The van der Waals surface area contributed by atoms with Crippen LogP contribution in [0.3, 0.4) is 0 Å². The molecule has 2 rings (SSSR count). The first-order valence-corrected chi connectivity index (χ1v) is 9.49. The summed E-state index contributed by atoms with van der Waals surface area (Å²) >= 11 is 5.94. The SMILES string of the molecule is CC(C)NC(=O)NC(=O)[C@H](C)OC(=O)/C(=C/c1ccccc1)c1ccc(Cl)cc1. The highest BCUT2D eigenvalue weighted by molar-refractivity contribution is 6.30. The van der Waals surface area contributed by atoms with E-state index in [9.17, 15) is 14.4 Å². The molecule has 0 aliphatic rings. The Morgan fingerprint density at radius 3 is 2.17 bits per heavy atom. The molecule has 0 aliphatic heterocycles. The Kier molecular flexibility index (Phi) is 7.98. The highest BCUT2D eigenvalue weighted by atomic mass is 35.5. The number of imide groups is 1. The predicted octanol–water partition coefficient (Wildman–Crippen LogP) is 4.05. The van der Waals surface area contributed by atoms with E-state index >= 15 is 0 Å². The van der Waals surface area contributed by atoms with E-state index in [1.165, 1.54) is 6.92 Å². The summed E-state index contributed by atoms with van der Waals surface area (Å²) in [7, 11) is 0. The minimum Gasteiger partial charge on any atom is -0.449 e. The molecule has 0 bridgehead atoms. The number of amides is 3. The van der Waals surface area contributed by atoms with E-state index in [0.29, 0.717) is 10.6 Å². The minimum absolute atomic E-state index is 0.133. The molecule has 29 heavy (non-hydrogen) atoms. The molecule has 0 heterocycles. The lowest BCUT2D eigenvalue weighted by atomic mass is 10.0. The second-order valence-corrected chi connectivity index (χ2v) is 7.08. The molecule has 2 N–H and O–H groups in total. The zero-order chi connectivity index (χ0) is 21.4. The van der Waals surface area contributed by atoms with Gasteiger partial charge in [-0.1, -0.05) is 54.1 Å². The summed E-state index contributed by atoms with van der Waals surface area (Å²) in [5, 5.41) is 5.21. The Morgan fingerprint density at radius 1 is 0.966 bits per heavy atom. The minimum atomic E-state index is -1.16. The number of urea groups is 1. The molecule has 0 saturated carbocycles. The largest absolute Gasteiger partial charge is 0.449 e. The fourth-order valence-electron chi connectivity index (χ4n) is 2.39. The van der Waals surface area contributed by atoms with Crippen molar-refractivity contribution in [3.8, 4) is 0 Å². The van der Waals surface area contributed by atoms with Crippen LogP contribution in [0.4, 0.5) is 4.79 Å². The molecular formula is C22H23ClN2O4. The monoisotopic (exact) mass is 414 g/mol. The second kappa shape index (κ2) is 10.4. The van der Waals surface area contributed by atoms with Gasteiger partial charge in [-0.15, -0.1) is 0 Å². The smallest absolute Gasteiger partial charge is 0.339 e. The average Bonchev–Trinajstić information content (AvgIpc) is 2.67. The van der Waals surface area contributed by atoms with E-state index in [1.54, 1.807) is 44.2 Å². The van der Waals surface area contributed by atoms with Crippen LogP contribution in [-0.2, 0) is 14.3 Å². The predicted molar refractivity (Wildman–Crippen MR) is 113 cm³/mol. The molecule has 0 spiro atoms. The number of hydrogen-bond acceptors (Lipinski definition) is 4. The van der Waals surface area contributed by atoms with Gasteiger partial charge in [-0.05, 0) is 50.1 Å². The van der Waals surface area contributed by atoms with E-state index in [2.05, 4.69) is 10.6 Å².